The molecule has 106 valence electrons. The van der Waals surface area contributed by atoms with Crippen molar-refractivity contribution in [1.29, 1.82) is 0 Å². The van der Waals surface area contributed by atoms with Crippen LogP contribution in [0.25, 0.3) is 0 Å². The van der Waals surface area contributed by atoms with Gasteiger partial charge in [-0.3, -0.25) is 0 Å². The fraction of sp³-hybridized carbons (Fsp3) is 0.818. The molecule has 0 aromatic heterocycles. The maximum absolute atomic E-state index is 12.4. The van der Waals surface area contributed by atoms with E-state index in [1.54, 1.807) is 0 Å². The molecule has 0 spiro atoms. The van der Waals surface area contributed by atoms with Crippen molar-refractivity contribution >= 4 is 10.1 Å². The molecule has 1 atom stereocenters. The molecule has 0 aromatic rings. The predicted octanol–water partition coefficient (Wildman–Crippen LogP) is 2.87. The van der Waals surface area contributed by atoms with Crippen molar-refractivity contribution in [2.75, 3.05) is 6.26 Å². The summed E-state index contributed by atoms with van der Waals surface area (Å²) >= 11 is 0. The number of halogens is 3. The van der Waals surface area contributed by atoms with Gasteiger partial charge < -0.3 is 0 Å². The van der Waals surface area contributed by atoms with E-state index in [-0.39, 0.29) is 0 Å². The van der Waals surface area contributed by atoms with E-state index in [9.17, 15) is 21.6 Å². The summed E-state index contributed by atoms with van der Waals surface area (Å²) in [7, 11) is -4.18. The van der Waals surface area contributed by atoms with E-state index < -0.39 is 22.4 Å². The van der Waals surface area contributed by atoms with Gasteiger partial charge in [0.05, 0.1) is 6.26 Å². The van der Waals surface area contributed by atoms with Crippen molar-refractivity contribution in [3.8, 4) is 11.8 Å². The lowest BCUT2D eigenvalue weighted by Gasteiger charge is -2.13. The zero-order chi connectivity index (χ0) is 14.2. The molecule has 0 saturated carbocycles. The van der Waals surface area contributed by atoms with Gasteiger partial charge >= 0.3 is 6.18 Å². The average Bonchev–Trinajstić information content (AvgIpc) is 2.18. The summed E-state index contributed by atoms with van der Waals surface area (Å²) in [6, 6.07) is 0. The quantitative estimate of drug-likeness (QED) is 0.428. The first-order valence-corrected chi connectivity index (χ1v) is 7.42. The highest BCUT2D eigenvalue weighted by Crippen LogP contribution is 2.23. The SMILES string of the molecule is CCCCCCC#C[C@H](OS(C)(=O)=O)C(F)(F)F. The Morgan fingerprint density at radius 2 is 1.83 bits per heavy atom. The third-order valence-electron chi connectivity index (χ3n) is 1.96. The molecule has 0 radical (unpaired) electrons. The van der Waals surface area contributed by atoms with Crippen LogP contribution in [-0.4, -0.2) is 27.0 Å². The van der Waals surface area contributed by atoms with E-state index >= 15 is 0 Å². The molecule has 0 aliphatic carbocycles. The summed E-state index contributed by atoms with van der Waals surface area (Å²) in [5.74, 6) is 4.13. The van der Waals surface area contributed by atoms with E-state index in [4.69, 9.17) is 0 Å². The van der Waals surface area contributed by atoms with Crippen LogP contribution in [0.15, 0.2) is 0 Å². The van der Waals surface area contributed by atoms with Crippen LogP contribution < -0.4 is 0 Å². The van der Waals surface area contributed by atoms with Gasteiger partial charge in [0.2, 0.25) is 6.10 Å². The smallest absolute Gasteiger partial charge is 0.244 e. The van der Waals surface area contributed by atoms with Crippen molar-refractivity contribution in [3.05, 3.63) is 0 Å². The minimum absolute atomic E-state index is 0.305. The van der Waals surface area contributed by atoms with Crippen LogP contribution in [0.5, 0.6) is 0 Å². The summed E-state index contributed by atoms with van der Waals surface area (Å²) in [5.41, 5.74) is 0. The normalized spacial score (nSPS) is 13.8. The van der Waals surface area contributed by atoms with Crippen LogP contribution in [0.3, 0.4) is 0 Å². The molecular formula is C11H17F3O3S. The second-order valence-corrected chi connectivity index (χ2v) is 5.45. The maximum Gasteiger partial charge on any atom is 0.427 e. The van der Waals surface area contributed by atoms with E-state index in [0.717, 1.165) is 19.3 Å². The van der Waals surface area contributed by atoms with E-state index in [1.165, 1.54) is 0 Å². The van der Waals surface area contributed by atoms with Crippen molar-refractivity contribution in [2.24, 2.45) is 0 Å². The third-order valence-corrected chi connectivity index (χ3v) is 2.50. The molecule has 0 saturated heterocycles. The molecule has 0 unspecified atom stereocenters. The zero-order valence-electron chi connectivity index (χ0n) is 10.4. The molecule has 0 aromatic carbocycles. The van der Waals surface area contributed by atoms with Crippen molar-refractivity contribution in [3.63, 3.8) is 0 Å². The minimum Gasteiger partial charge on any atom is -0.244 e. The molecule has 18 heavy (non-hydrogen) atoms. The van der Waals surface area contributed by atoms with Crippen LogP contribution in [0.2, 0.25) is 0 Å². The van der Waals surface area contributed by atoms with Gasteiger partial charge in [-0.15, -0.1) is 5.92 Å². The Labute approximate surface area is 106 Å². The zero-order valence-corrected chi connectivity index (χ0v) is 11.2. The highest BCUT2D eigenvalue weighted by Gasteiger charge is 2.42. The Morgan fingerprint density at radius 3 is 2.28 bits per heavy atom. The maximum atomic E-state index is 12.4. The average molecular weight is 286 g/mol. The summed E-state index contributed by atoms with van der Waals surface area (Å²) < 4.78 is 62.4. The Bertz CT molecular complexity index is 390. The summed E-state index contributed by atoms with van der Waals surface area (Å²) in [6.45, 7) is 2.02. The van der Waals surface area contributed by atoms with Crippen molar-refractivity contribution in [2.45, 2.75) is 51.3 Å². The van der Waals surface area contributed by atoms with Gasteiger partial charge in [0, 0.05) is 6.42 Å². The fourth-order valence-corrected chi connectivity index (χ4v) is 1.65. The van der Waals surface area contributed by atoms with Gasteiger partial charge in [-0.05, 0) is 6.42 Å². The second-order valence-electron chi connectivity index (χ2n) is 3.85. The van der Waals surface area contributed by atoms with Crippen molar-refractivity contribution in [1.82, 2.24) is 0 Å². The Kier molecular flexibility index (Phi) is 7.33. The highest BCUT2D eigenvalue weighted by molar-refractivity contribution is 7.86. The lowest BCUT2D eigenvalue weighted by Crippen LogP contribution is -2.32. The molecule has 0 fully saturated rings. The number of hydrogen-bond acceptors (Lipinski definition) is 3. The lowest BCUT2D eigenvalue weighted by atomic mass is 10.1. The summed E-state index contributed by atoms with van der Waals surface area (Å²) in [6.07, 6.45) is -2.88. The van der Waals surface area contributed by atoms with Crippen LogP contribution in [0, 0.1) is 11.8 Å². The Balaban J connectivity index is 4.39. The summed E-state index contributed by atoms with van der Waals surface area (Å²) in [4.78, 5) is 0. The second kappa shape index (κ2) is 7.64. The van der Waals surface area contributed by atoms with Gasteiger partial charge in [-0.25, -0.2) is 4.18 Å². The fourth-order valence-electron chi connectivity index (χ4n) is 1.14. The first-order chi connectivity index (χ1) is 8.17. The first-order valence-electron chi connectivity index (χ1n) is 5.60. The Morgan fingerprint density at radius 1 is 1.22 bits per heavy atom. The molecule has 0 N–H and O–H groups in total. The topological polar surface area (TPSA) is 43.4 Å². The molecule has 0 heterocycles. The number of unbranched alkanes of at least 4 members (excludes halogenated alkanes) is 4. The lowest BCUT2D eigenvalue weighted by molar-refractivity contribution is -0.175. The molecule has 0 aliphatic heterocycles. The highest BCUT2D eigenvalue weighted by atomic mass is 32.2. The monoisotopic (exact) mass is 286 g/mol. The van der Waals surface area contributed by atoms with E-state index in [1.807, 2.05) is 12.8 Å². The van der Waals surface area contributed by atoms with Gasteiger partial charge in [0.25, 0.3) is 10.1 Å². The van der Waals surface area contributed by atoms with Gasteiger partial charge in [-0.2, -0.15) is 21.6 Å². The minimum atomic E-state index is -4.81. The summed E-state index contributed by atoms with van der Waals surface area (Å²) in [5, 5.41) is 0. The van der Waals surface area contributed by atoms with Gasteiger partial charge in [-0.1, -0.05) is 32.1 Å². The first kappa shape index (κ1) is 17.3. The molecule has 7 heteroatoms. The predicted molar refractivity (Wildman–Crippen MR) is 62.3 cm³/mol. The molecule has 0 aliphatic rings. The van der Waals surface area contributed by atoms with E-state index in [2.05, 4.69) is 10.1 Å². The number of alkyl halides is 3. The van der Waals surface area contributed by atoms with E-state index in [0.29, 0.717) is 19.1 Å². The van der Waals surface area contributed by atoms with Crippen LogP contribution in [0.1, 0.15) is 39.0 Å². The molecule has 3 nitrogen and oxygen atoms in total. The molecule has 0 bridgehead atoms. The largest absolute Gasteiger partial charge is 0.427 e. The third kappa shape index (κ3) is 9.31. The van der Waals surface area contributed by atoms with Crippen LogP contribution in [0.4, 0.5) is 13.2 Å². The standard InChI is InChI=1S/C11H17F3O3S/c1-3-4-5-6-7-8-9-10(11(12,13)14)17-18(2,15)16/h10H,3-7H2,1-2H3/t10-/m0/s1. The molecular weight excluding hydrogens is 269 g/mol. The molecule has 0 rings (SSSR count). The van der Waals surface area contributed by atoms with Crippen LogP contribution in [-0.2, 0) is 14.3 Å². The van der Waals surface area contributed by atoms with Crippen molar-refractivity contribution < 1.29 is 25.8 Å². The van der Waals surface area contributed by atoms with Crippen LogP contribution >= 0.6 is 0 Å². The van der Waals surface area contributed by atoms with Gasteiger partial charge in [0.15, 0.2) is 0 Å². The molecule has 0 amide bonds. The Hall–Kier alpha value is -0.740. The van der Waals surface area contributed by atoms with Gasteiger partial charge in [0.1, 0.15) is 0 Å². The number of hydrogen-bond donors (Lipinski definition) is 0. The number of rotatable bonds is 6.